The Labute approximate surface area is 290 Å². The molecule has 0 bridgehead atoms. The van der Waals surface area contributed by atoms with Crippen molar-refractivity contribution < 1.29 is 0 Å². The average Bonchev–Trinajstić information content (AvgIpc) is 3.21. The lowest BCUT2D eigenvalue weighted by Gasteiger charge is -2.12. The molecular formula is C46H30N4. The minimum atomic E-state index is 0.699. The molecule has 7 aromatic carbocycles. The van der Waals surface area contributed by atoms with Crippen molar-refractivity contribution in [1.29, 1.82) is 0 Å². The lowest BCUT2D eigenvalue weighted by molar-refractivity contribution is 1.22. The summed E-state index contributed by atoms with van der Waals surface area (Å²) in [5.74, 6) is 1.40. The van der Waals surface area contributed by atoms with Crippen LogP contribution >= 0.6 is 0 Å². The van der Waals surface area contributed by atoms with Gasteiger partial charge in [0.05, 0.1) is 22.4 Å². The van der Waals surface area contributed by atoms with Gasteiger partial charge in [-0.2, -0.15) is 0 Å². The van der Waals surface area contributed by atoms with E-state index in [0.29, 0.717) is 11.6 Å². The quantitative estimate of drug-likeness (QED) is 0.182. The molecule has 2 aromatic heterocycles. The molecule has 0 atom stereocenters. The maximum absolute atomic E-state index is 5.17. The van der Waals surface area contributed by atoms with Gasteiger partial charge in [-0.1, -0.05) is 164 Å². The molecule has 50 heavy (non-hydrogen) atoms. The van der Waals surface area contributed by atoms with Crippen LogP contribution in [0, 0.1) is 0 Å². The van der Waals surface area contributed by atoms with E-state index in [1.165, 1.54) is 5.56 Å². The number of rotatable bonds is 6. The fourth-order valence-electron chi connectivity index (χ4n) is 6.55. The van der Waals surface area contributed by atoms with Crippen molar-refractivity contribution in [1.82, 2.24) is 19.9 Å². The van der Waals surface area contributed by atoms with Gasteiger partial charge in [0.25, 0.3) is 0 Å². The van der Waals surface area contributed by atoms with Crippen molar-refractivity contribution in [3.05, 3.63) is 182 Å². The van der Waals surface area contributed by atoms with Gasteiger partial charge in [0.2, 0.25) is 0 Å². The van der Waals surface area contributed by atoms with Crippen LogP contribution < -0.4 is 0 Å². The summed E-state index contributed by atoms with van der Waals surface area (Å²) < 4.78 is 0. The summed E-state index contributed by atoms with van der Waals surface area (Å²) in [5, 5.41) is 2.02. The summed E-state index contributed by atoms with van der Waals surface area (Å²) in [6.07, 6.45) is 0. The smallest absolute Gasteiger partial charge is 0.160 e. The number of benzene rings is 7. The molecule has 0 aliphatic rings. The Kier molecular flexibility index (Phi) is 7.45. The van der Waals surface area contributed by atoms with E-state index in [-0.39, 0.29) is 0 Å². The van der Waals surface area contributed by atoms with Crippen LogP contribution in [0.2, 0.25) is 0 Å². The molecule has 0 aliphatic heterocycles. The van der Waals surface area contributed by atoms with E-state index in [0.717, 1.165) is 72.1 Å². The first-order valence-electron chi connectivity index (χ1n) is 16.7. The summed E-state index contributed by atoms with van der Waals surface area (Å²) in [7, 11) is 0. The second-order valence-electron chi connectivity index (χ2n) is 12.3. The van der Waals surface area contributed by atoms with Gasteiger partial charge in [-0.15, -0.1) is 0 Å². The van der Waals surface area contributed by atoms with Crippen molar-refractivity contribution in [3.63, 3.8) is 0 Å². The topological polar surface area (TPSA) is 51.6 Å². The molecule has 0 saturated carbocycles. The third kappa shape index (κ3) is 5.59. The summed E-state index contributed by atoms with van der Waals surface area (Å²) in [6.45, 7) is 0. The van der Waals surface area contributed by atoms with Crippen molar-refractivity contribution in [2.75, 3.05) is 0 Å². The number of hydrogen-bond acceptors (Lipinski definition) is 4. The van der Waals surface area contributed by atoms with Crippen molar-refractivity contribution in [3.8, 4) is 67.5 Å². The van der Waals surface area contributed by atoms with E-state index in [1.54, 1.807) is 0 Å². The van der Waals surface area contributed by atoms with E-state index in [4.69, 9.17) is 19.9 Å². The predicted molar refractivity (Wildman–Crippen MR) is 205 cm³/mol. The van der Waals surface area contributed by atoms with Gasteiger partial charge in [-0.05, 0) is 40.5 Å². The zero-order valence-corrected chi connectivity index (χ0v) is 27.1. The van der Waals surface area contributed by atoms with Crippen LogP contribution in [0.1, 0.15) is 0 Å². The Bertz CT molecular complexity index is 2620. The lowest BCUT2D eigenvalue weighted by atomic mass is 10.00. The first kappa shape index (κ1) is 29.4. The van der Waals surface area contributed by atoms with E-state index < -0.39 is 0 Å². The van der Waals surface area contributed by atoms with Gasteiger partial charge >= 0.3 is 0 Å². The fourth-order valence-corrected chi connectivity index (χ4v) is 6.55. The van der Waals surface area contributed by atoms with Crippen LogP contribution in [-0.2, 0) is 0 Å². The van der Waals surface area contributed by atoms with Gasteiger partial charge in [0.15, 0.2) is 11.6 Å². The van der Waals surface area contributed by atoms with E-state index in [9.17, 15) is 0 Å². The molecule has 0 aliphatic carbocycles. The minimum absolute atomic E-state index is 0.699. The molecule has 0 N–H and O–H groups in total. The number of aromatic nitrogens is 4. The van der Waals surface area contributed by atoms with Gasteiger partial charge in [0.1, 0.15) is 0 Å². The van der Waals surface area contributed by atoms with Gasteiger partial charge in [0, 0.05) is 33.0 Å². The largest absolute Gasteiger partial charge is 0.228 e. The highest BCUT2D eigenvalue weighted by Crippen LogP contribution is 2.34. The maximum atomic E-state index is 5.17. The zero-order valence-electron chi connectivity index (χ0n) is 27.1. The van der Waals surface area contributed by atoms with Crippen molar-refractivity contribution >= 4 is 21.8 Å². The highest BCUT2D eigenvalue weighted by Gasteiger charge is 2.15. The summed E-state index contributed by atoms with van der Waals surface area (Å²) in [6, 6.07) is 62.7. The van der Waals surface area contributed by atoms with Crippen LogP contribution in [0.15, 0.2) is 182 Å². The third-order valence-electron chi connectivity index (χ3n) is 9.12. The summed E-state index contributed by atoms with van der Waals surface area (Å²) in [5.41, 5.74) is 12.2. The number of para-hydroxylation sites is 2. The van der Waals surface area contributed by atoms with Crippen LogP contribution in [0.4, 0.5) is 0 Å². The van der Waals surface area contributed by atoms with Crippen LogP contribution in [0.25, 0.3) is 89.4 Å². The van der Waals surface area contributed by atoms with Gasteiger partial charge in [-0.25, -0.2) is 19.9 Å². The van der Waals surface area contributed by atoms with Gasteiger partial charge < -0.3 is 0 Å². The molecule has 0 amide bonds. The summed E-state index contributed by atoms with van der Waals surface area (Å²) >= 11 is 0. The molecule has 9 rings (SSSR count). The van der Waals surface area contributed by atoms with E-state index in [1.807, 2.05) is 36.4 Å². The Hall–Kier alpha value is -6.78. The monoisotopic (exact) mass is 638 g/mol. The molecule has 9 aromatic rings. The van der Waals surface area contributed by atoms with Crippen LogP contribution in [0.3, 0.4) is 0 Å². The molecule has 2 heterocycles. The van der Waals surface area contributed by atoms with E-state index >= 15 is 0 Å². The zero-order chi connectivity index (χ0) is 33.3. The second-order valence-corrected chi connectivity index (χ2v) is 12.3. The fraction of sp³-hybridized carbons (Fsp3) is 0. The van der Waals surface area contributed by atoms with Crippen molar-refractivity contribution in [2.24, 2.45) is 0 Å². The standard InChI is InChI=1S/C46H30N4/c1-3-12-31(13-4-1)33-22-28-36(29-23-33)45-47-41-20-9-7-18-39(41)43(49-45)34-24-26-35(27-25-34)44-40-19-8-10-21-42(40)48-46(50-44)38-17-11-16-37(30-38)32-14-5-2-6-15-32/h1-30H. The Morgan fingerprint density at radius 2 is 0.620 bits per heavy atom. The number of nitrogens with zero attached hydrogens (tertiary/aromatic N) is 4. The minimum Gasteiger partial charge on any atom is -0.228 e. The first-order chi connectivity index (χ1) is 24.8. The average molecular weight is 639 g/mol. The highest BCUT2D eigenvalue weighted by molar-refractivity contribution is 5.96. The number of hydrogen-bond donors (Lipinski definition) is 0. The SMILES string of the molecule is c1ccc(-c2ccc(-c3nc(-c4ccc(-c5nc(-c6cccc(-c7ccccc7)c6)nc6ccccc56)cc4)c4ccccc4n3)cc2)cc1. The Balaban J connectivity index is 1.11. The van der Waals surface area contributed by atoms with Crippen LogP contribution in [-0.4, -0.2) is 19.9 Å². The summed E-state index contributed by atoms with van der Waals surface area (Å²) in [4.78, 5) is 20.3. The molecule has 4 heteroatoms. The second kappa shape index (κ2) is 12.7. The molecular weight excluding hydrogens is 609 g/mol. The Morgan fingerprint density at radius 1 is 0.240 bits per heavy atom. The number of fused-ring (bicyclic) bond motifs is 2. The molecule has 0 fully saturated rings. The highest BCUT2D eigenvalue weighted by atomic mass is 14.9. The van der Waals surface area contributed by atoms with Gasteiger partial charge in [-0.3, -0.25) is 0 Å². The molecule has 234 valence electrons. The lowest BCUT2D eigenvalue weighted by Crippen LogP contribution is -1.96. The van der Waals surface area contributed by atoms with Crippen molar-refractivity contribution in [2.45, 2.75) is 0 Å². The maximum Gasteiger partial charge on any atom is 0.160 e. The predicted octanol–water partition coefficient (Wildman–Crippen LogP) is 11.6. The van der Waals surface area contributed by atoms with Crippen LogP contribution in [0.5, 0.6) is 0 Å². The first-order valence-corrected chi connectivity index (χ1v) is 16.7. The molecule has 4 nitrogen and oxygen atoms in total. The molecule has 0 unspecified atom stereocenters. The molecule has 0 radical (unpaired) electrons. The molecule has 0 spiro atoms. The van der Waals surface area contributed by atoms with E-state index in [2.05, 4.69) is 146 Å². The molecule has 0 saturated heterocycles. The Morgan fingerprint density at radius 3 is 1.18 bits per heavy atom. The third-order valence-corrected chi connectivity index (χ3v) is 9.12. The normalized spacial score (nSPS) is 11.2.